The Kier molecular flexibility index (Phi) is 6.45. The van der Waals surface area contributed by atoms with Gasteiger partial charge in [-0.05, 0) is 30.0 Å². The number of methoxy groups -OCH3 is 1. The Labute approximate surface area is 125 Å². The minimum absolute atomic E-state index is 0.0963. The van der Waals surface area contributed by atoms with E-state index >= 15 is 0 Å². The van der Waals surface area contributed by atoms with E-state index in [2.05, 4.69) is 5.32 Å². The van der Waals surface area contributed by atoms with Gasteiger partial charge in [0, 0.05) is 6.54 Å². The maximum atomic E-state index is 12.0. The summed E-state index contributed by atoms with van der Waals surface area (Å²) in [5, 5.41) is 2.88. The molecule has 4 nitrogen and oxygen atoms in total. The van der Waals surface area contributed by atoms with E-state index in [9.17, 15) is 4.79 Å². The molecule has 0 aromatic heterocycles. The van der Waals surface area contributed by atoms with Crippen LogP contribution in [-0.2, 0) is 11.2 Å². The monoisotopic (exact) mass is 294 g/mol. The molecule has 110 valence electrons. The summed E-state index contributed by atoms with van der Waals surface area (Å²) in [5.74, 6) is 0.432. The van der Waals surface area contributed by atoms with Crippen LogP contribution < -0.4 is 15.8 Å². The van der Waals surface area contributed by atoms with E-state index in [0.717, 1.165) is 17.7 Å². The second-order valence-corrected chi connectivity index (χ2v) is 5.48. The van der Waals surface area contributed by atoms with Crippen molar-refractivity contribution >= 4 is 23.1 Å². The molecule has 0 spiro atoms. The number of amides is 1. The van der Waals surface area contributed by atoms with Crippen LogP contribution in [0.3, 0.4) is 0 Å². The first-order valence-electron chi connectivity index (χ1n) is 6.65. The highest BCUT2D eigenvalue weighted by Crippen LogP contribution is 2.13. The molecule has 0 aliphatic heterocycles. The third-order valence-electron chi connectivity index (χ3n) is 3.13. The predicted molar refractivity (Wildman–Crippen MR) is 84.8 cm³/mol. The van der Waals surface area contributed by atoms with Gasteiger partial charge < -0.3 is 15.8 Å². The molecule has 1 atom stereocenters. The SMILES string of the molecule is COc1ccc(CCNC(=O)C(C(N)=S)C(C)C)cc1. The van der Waals surface area contributed by atoms with E-state index in [1.54, 1.807) is 7.11 Å². The Morgan fingerprint density at radius 3 is 2.40 bits per heavy atom. The van der Waals surface area contributed by atoms with E-state index in [4.69, 9.17) is 22.7 Å². The smallest absolute Gasteiger partial charge is 0.230 e. The van der Waals surface area contributed by atoms with Crippen molar-refractivity contribution < 1.29 is 9.53 Å². The number of rotatable bonds is 7. The van der Waals surface area contributed by atoms with Crippen molar-refractivity contribution in [1.82, 2.24) is 5.32 Å². The Morgan fingerprint density at radius 2 is 1.95 bits per heavy atom. The van der Waals surface area contributed by atoms with E-state index in [1.807, 2.05) is 38.1 Å². The fourth-order valence-corrected chi connectivity index (χ4v) is 2.37. The highest BCUT2D eigenvalue weighted by Gasteiger charge is 2.24. The molecule has 0 heterocycles. The van der Waals surface area contributed by atoms with Crippen molar-refractivity contribution in [2.24, 2.45) is 17.6 Å². The molecule has 1 aromatic rings. The van der Waals surface area contributed by atoms with E-state index in [-0.39, 0.29) is 16.8 Å². The Bertz CT molecular complexity index is 457. The van der Waals surface area contributed by atoms with E-state index < -0.39 is 5.92 Å². The van der Waals surface area contributed by atoms with Gasteiger partial charge in [0.25, 0.3) is 0 Å². The fraction of sp³-hybridized carbons (Fsp3) is 0.467. The molecule has 0 aliphatic rings. The average Bonchev–Trinajstić information content (AvgIpc) is 2.38. The second-order valence-electron chi connectivity index (χ2n) is 5.01. The normalized spacial score (nSPS) is 12.0. The number of hydrogen-bond donors (Lipinski definition) is 2. The lowest BCUT2D eigenvalue weighted by atomic mass is 9.95. The molecule has 1 amide bonds. The van der Waals surface area contributed by atoms with Gasteiger partial charge in [-0.2, -0.15) is 0 Å². The number of thiocarbonyl (C=S) groups is 1. The number of carbonyl (C=O) groups is 1. The Hall–Kier alpha value is -1.62. The summed E-state index contributed by atoms with van der Waals surface area (Å²) in [7, 11) is 1.64. The van der Waals surface area contributed by atoms with Gasteiger partial charge in [-0.15, -0.1) is 0 Å². The van der Waals surface area contributed by atoms with Crippen LogP contribution in [0, 0.1) is 11.8 Å². The lowest BCUT2D eigenvalue weighted by molar-refractivity contribution is -0.123. The van der Waals surface area contributed by atoms with Crippen LogP contribution in [0.2, 0.25) is 0 Å². The molecule has 1 unspecified atom stereocenters. The molecule has 20 heavy (non-hydrogen) atoms. The third-order valence-corrected chi connectivity index (χ3v) is 3.38. The van der Waals surface area contributed by atoms with Crippen molar-refractivity contribution in [1.29, 1.82) is 0 Å². The van der Waals surface area contributed by atoms with Gasteiger partial charge in [-0.25, -0.2) is 0 Å². The van der Waals surface area contributed by atoms with Gasteiger partial charge in [-0.1, -0.05) is 38.2 Å². The lowest BCUT2D eigenvalue weighted by Crippen LogP contribution is -2.41. The van der Waals surface area contributed by atoms with Gasteiger partial charge in [-0.3, -0.25) is 4.79 Å². The first-order valence-corrected chi connectivity index (χ1v) is 7.06. The van der Waals surface area contributed by atoms with Crippen LogP contribution >= 0.6 is 12.2 Å². The Morgan fingerprint density at radius 1 is 1.35 bits per heavy atom. The average molecular weight is 294 g/mol. The van der Waals surface area contributed by atoms with Crippen molar-refractivity contribution in [3.05, 3.63) is 29.8 Å². The van der Waals surface area contributed by atoms with Crippen LogP contribution in [0.5, 0.6) is 5.75 Å². The highest BCUT2D eigenvalue weighted by atomic mass is 32.1. The van der Waals surface area contributed by atoms with Crippen molar-refractivity contribution in [3.8, 4) is 5.75 Å². The van der Waals surface area contributed by atoms with Gasteiger partial charge in [0.15, 0.2) is 0 Å². The van der Waals surface area contributed by atoms with Crippen molar-refractivity contribution in [2.45, 2.75) is 20.3 Å². The molecule has 1 rings (SSSR count). The number of hydrogen-bond acceptors (Lipinski definition) is 3. The van der Waals surface area contributed by atoms with Crippen molar-refractivity contribution in [2.75, 3.05) is 13.7 Å². The van der Waals surface area contributed by atoms with Crippen molar-refractivity contribution in [3.63, 3.8) is 0 Å². The number of carbonyl (C=O) groups excluding carboxylic acids is 1. The molecule has 0 radical (unpaired) electrons. The summed E-state index contributed by atoms with van der Waals surface area (Å²) in [6, 6.07) is 7.78. The first kappa shape index (κ1) is 16.4. The summed E-state index contributed by atoms with van der Waals surface area (Å²) in [5.41, 5.74) is 6.75. The quantitative estimate of drug-likeness (QED) is 0.754. The summed E-state index contributed by atoms with van der Waals surface area (Å²) in [6.45, 7) is 4.44. The third kappa shape index (κ3) is 4.81. The standard InChI is InChI=1S/C15H22N2O2S/c1-10(2)13(14(16)20)15(18)17-9-8-11-4-6-12(19-3)7-5-11/h4-7,10,13H,8-9H2,1-3H3,(H2,16,20)(H,17,18). The van der Waals surface area contributed by atoms with Gasteiger partial charge in [0.1, 0.15) is 5.75 Å². The highest BCUT2D eigenvalue weighted by molar-refractivity contribution is 7.80. The summed E-state index contributed by atoms with van der Waals surface area (Å²) in [6.07, 6.45) is 0.762. The fourth-order valence-electron chi connectivity index (χ4n) is 1.99. The Balaban J connectivity index is 2.46. The molecule has 0 saturated carbocycles. The number of nitrogens with one attached hydrogen (secondary N) is 1. The van der Waals surface area contributed by atoms with E-state index in [0.29, 0.717) is 6.54 Å². The molecule has 0 saturated heterocycles. The summed E-state index contributed by atoms with van der Waals surface area (Å²) >= 11 is 4.94. The van der Waals surface area contributed by atoms with Gasteiger partial charge >= 0.3 is 0 Å². The minimum atomic E-state index is -0.402. The topological polar surface area (TPSA) is 64.3 Å². The molecular formula is C15H22N2O2S. The number of nitrogens with two attached hydrogens (primary N) is 1. The number of benzene rings is 1. The maximum Gasteiger partial charge on any atom is 0.230 e. The zero-order valence-corrected chi connectivity index (χ0v) is 13.0. The molecule has 0 aliphatic carbocycles. The van der Waals surface area contributed by atoms with Crippen LogP contribution in [0.15, 0.2) is 24.3 Å². The second kappa shape index (κ2) is 7.85. The number of ether oxygens (including phenoxy) is 1. The van der Waals surface area contributed by atoms with Crippen LogP contribution in [0.1, 0.15) is 19.4 Å². The van der Waals surface area contributed by atoms with Gasteiger partial charge in [0.05, 0.1) is 18.0 Å². The molecule has 0 bridgehead atoms. The maximum absolute atomic E-state index is 12.0. The largest absolute Gasteiger partial charge is 0.497 e. The predicted octanol–water partition coefficient (Wildman–Crippen LogP) is 1.91. The zero-order chi connectivity index (χ0) is 15.1. The molecule has 0 fully saturated rings. The summed E-state index contributed by atoms with van der Waals surface area (Å²) < 4.78 is 5.10. The molecular weight excluding hydrogens is 272 g/mol. The van der Waals surface area contributed by atoms with Crippen LogP contribution in [0.25, 0.3) is 0 Å². The molecule has 3 N–H and O–H groups in total. The first-order chi connectivity index (χ1) is 9.45. The minimum Gasteiger partial charge on any atom is -0.497 e. The lowest BCUT2D eigenvalue weighted by Gasteiger charge is -2.18. The van der Waals surface area contributed by atoms with E-state index in [1.165, 1.54) is 0 Å². The van der Waals surface area contributed by atoms with Crippen LogP contribution in [0.4, 0.5) is 0 Å². The molecule has 1 aromatic carbocycles. The molecule has 5 heteroatoms. The van der Waals surface area contributed by atoms with Crippen LogP contribution in [-0.4, -0.2) is 24.6 Å². The van der Waals surface area contributed by atoms with Gasteiger partial charge in [0.2, 0.25) is 5.91 Å². The summed E-state index contributed by atoms with van der Waals surface area (Å²) in [4.78, 5) is 12.3. The zero-order valence-electron chi connectivity index (χ0n) is 12.2.